The van der Waals surface area contributed by atoms with Gasteiger partial charge in [-0.3, -0.25) is 0 Å². The second-order valence-electron chi connectivity index (χ2n) is 7.82. The van der Waals surface area contributed by atoms with Crippen LogP contribution in [0.25, 0.3) is 0 Å². The Labute approximate surface area is 140 Å². The number of nitrogens with zero attached hydrogens (tertiary/aromatic N) is 1. The Morgan fingerprint density at radius 3 is 2.13 bits per heavy atom. The standard InChI is InChI=1S/C17H30BNO4/c1-7-21-14(20)19-12-9-17(6,10-13-19)8-11-18-22-15(2,3)16(4,5)23-18/h8,11H,7,9-10,12-13H2,1-6H3/b11-8+. The molecule has 2 saturated heterocycles. The van der Waals surface area contributed by atoms with Crippen molar-refractivity contribution in [1.29, 1.82) is 0 Å². The van der Waals surface area contributed by atoms with Gasteiger partial charge >= 0.3 is 13.2 Å². The molecule has 0 unspecified atom stereocenters. The quantitative estimate of drug-likeness (QED) is 0.747. The lowest BCUT2D eigenvalue weighted by molar-refractivity contribution is 0.00578. The van der Waals surface area contributed by atoms with Crippen molar-refractivity contribution >= 4 is 13.2 Å². The minimum Gasteiger partial charge on any atom is -0.450 e. The number of likely N-dealkylation sites (tertiary alicyclic amines) is 1. The van der Waals surface area contributed by atoms with Crippen LogP contribution in [0.4, 0.5) is 4.79 Å². The molecule has 23 heavy (non-hydrogen) atoms. The third kappa shape index (κ3) is 4.10. The number of hydrogen-bond acceptors (Lipinski definition) is 4. The van der Waals surface area contributed by atoms with Crippen molar-refractivity contribution in [3.05, 3.63) is 12.1 Å². The zero-order valence-electron chi connectivity index (χ0n) is 15.3. The number of allylic oxidation sites excluding steroid dienone is 1. The molecule has 0 spiro atoms. The Morgan fingerprint density at radius 2 is 1.65 bits per heavy atom. The topological polar surface area (TPSA) is 48.0 Å². The smallest absolute Gasteiger partial charge is 0.450 e. The Kier molecular flexibility index (Phi) is 5.16. The van der Waals surface area contributed by atoms with Gasteiger partial charge in [0, 0.05) is 13.1 Å². The van der Waals surface area contributed by atoms with Gasteiger partial charge in [0.05, 0.1) is 17.8 Å². The van der Waals surface area contributed by atoms with Gasteiger partial charge in [-0.05, 0) is 52.9 Å². The molecule has 2 aliphatic heterocycles. The first-order valence-electron chi connectivity index (χ1n) is 8.55. The highest BCUT2D eigenvalue weighted by atomic mass is 16.7. The molecule has 0 radical (unpaired) electrons. The maximum Gasteiger partial charge on any atom is 0.486 e. The van der Waals surface area contributed by atoms with Crippen molar-refractivity contribution in [2.24, 2.45) is 5.41 Å². The second-order valence-corrected chi connectivity index (χ2v) is 7.82. The van der Waals surface area contributed by atoms with E-state index in [0.29, 0.717) is 6.61 Å². The molecule has 0 aromatic carbocycles. The molecule has 0 aromatic rings. The van der Waals surface area contributed by atoms with Crippen LogP contribution in [-0.4, -0.2) is 49.0 Å². The molecule has 0 bridgehead atoms. The van der Waals surface area contributed by atoms with Crippen molar-refractivity contribution in [3.8, 4) is 0 Å². The minimum absolute atomic E-state index is 0.0621. The minimum atomic E-state index is -0.309. The first-order chi connectivity index (χ1) is 10.6. The third-order valence-electron chi connectivity index (χ3n) is 5.36. The van der Waals surface area contributed by atoms with E-state index in [1.807, 2.05) is 12.9 Å². The van der Waals surface area contributed by atoms with Crippen LogP contribution in [-0.2, 0) is 14.0 Å². The van der Waals surface area contributed by atoms with Gasteiger partial charge in [0.15, 0.2) is 0 Å². The van der Waals surface area contributed by atoms with Crippen LogP contribution in [0.3, 0.4) is 0 Å². The van der Waals surface area contributed by atoms with Gasteiger partial charge in [-0.1, -0.05) is 19.0 Å². The normalized spacial score (nSPS) is 25.8. The zero-order valence-corrected chi connectivity index (χ0v) is 15.3. The summed E-state index contributed by atoms with van der Waals surface area (Å²) >= 11 is 0. The largest absolute Gasteiger partial charge is 0.486 e. The monoisotopic (exact) mass is 323 g/mol. The van der Waals surface area contributed by atoms with Crippen molar-refractivity contribution in [1.82, 2.24) is 4.90 Å². The predicted molar refractivity (Wildman–Crippen MR) is 91.2 cm³/mol. The number of rotatable bonds is 3. The summed E-state index contributed by atoms with van der Waals surface area (Å²) in [6.45, 7) is 14.2. The van der Waals surface area contributed by atoms with Gasteiger partial charge in [0.25, 0.3) is 0 Å². The first kappa shape index (κ1) is 18.3. The second kappa shape index (κ2) is 6.48. The Balaban J connectivity index is 1.90. The molecule has 2 rings (SSSR count). The van der Waals surface area contributed by atoms with Crippen LogP contribution in [0.5, 0.6) is 0 Å². The molecule has 2 fully saturated rings. The van der Waals surface area contributed by atoms with E-state index in [-0.39, 0.29) is 29.8 Å². The molecule has 0 saturated carbocycles. The zero-order chi connectivity index (χ0) is 17.3. The molecule has 0 aromatic heterocycles. The lowest BCUT2D eigenvalue weighted by Crippen LogP contribution is -2.41. The van der Waals surface area contributed by atoms with Gasteiger partial charge in [0.1, 0.15) is 0 Å². The lowest BCUT2D eigenvalue weighted by atomic mass is 9.76. The highest BCUT2D eigenvalue weighted by molar-refractivity contribution is 6.51. The molecule has 0 aliphatic carbocycles. The SMILES string of the molecule is CCOC(=O)N1CCC(C)(/C=C/B2OC(C)(C)C(C)(C)O2)CC1. The lowest BCUT2D eigenvalue weighted by Gasteiger charge is -2.37. The number of piperidine rings is 1. The number of carbonyl (C=O) groups is 1. The van der Waals surface area contributed by atoms with E-state index < -0.39 is 0 Å². The average Bonchev–Trinajstić information content (AvgIpc) is 2.66. The molecule has 2 aliphatic rings. The highest BCUT2D eigenvalue weighted by Crippen LogP contribution is 2.38. The Morgan fingerprint density at radius 1 is 1.13 bits per heavy atom. The van der Waals surface area contributed by atoms with Crippen molar-refractivity contribution in [3.63, 3.8) is 0 Å². The fourth-order valence-corrected chi connectivity index (χ4v) is 2.86. The highest BCUT2D eigenvalue weighted by Gasteiger charge is 2.50. The van der Waals surface area contributed by atoms with E-state index in [1.54, 1.807) is 4.90 Å². The fourth-order valence-electron chi connectivity index (χ4n) is 2.86. The van der Waals surface area contributed by atoms with E-state index in [1.165, 1.54) is 0 Å². The van der Waals surface area contributed by atoms with E-state index in [4.69, 9.17) is 14.0 Å². The summed E-state index contributed by atoms with van der Waals surface area (Å²) in [4.78, 5) is 13.6. The molecule has 130 valence electrons. The van der Waals surface area contributed by atoms with Gasteiger partial charge in [0.2, 0.25) is 0 Å². The summed E-state index contributed by atoms with van der Waals surface area (Å²) in [5.41, 5.74) is -0.557. The number of hydrogen-bond donors (Lipinski definition) is 0. The van der Waals surface area contributed by atoms with E-state index >= 15 is 0 Å². The van der Waals surface area contributed by atoms with Gasteiger partial charge in [-0.2, -0.15) is 0 Å². The molecule has 2 heterocycles. The number of ether oxygens (including phenoxy) is 1. The molecule has 0 N–H and O–H groups in total. The van der Waals surface area contributed by atoms with Crippen LogP contribution < -0.4 is 0 Å². The molecule has 5 nitrogen and oxygen atoms in total. The van der Waals surface area contributed by atoms with Crippen LogP contribution in [0.1, 0.15) is 54.4 Å². The predicted octanol–water partition coefficient (Wildman–Crippen LogP) is 3.43. The van der Waals surface area contributed by atoms with E-state index in [2.05, 4.69) is 40.7 Å². The molecular formula is C17H30BNO4. The molecular weight excluding hydrogens is 293 g/mol. The van der Waals surface area contributed by atoms with E-state index in [9.17, 15) is 4.79 Å². The summed E-state index contributed by atoms with van der Waals surface area (Å²) in [7, 11) is -0.306. The summed E-state index contributed by atoms with van der Waals surface area (Å²) in [6.07, 6.45) is 3.82. The average molecular weight is 323 g/mol. The van der Waals surface area contributed by atoms with Crippen molar-refractivity contribution in [2.45, 2.75) is 65.6 Å². The van der Waals surface area contributed by atoms with Crippen molar-refractivity contribution < 1.29 is 18.8 Å². The molecule has 0 atom stereocenters. The maximum atomic E-state index is 11.8. The van der Waals surface area contributed by atoms with Gasteiger partial charge in [-0.15, -0.1) is 0 Å². The summed E-state index contributed by atoms with van der Waals surface area (Å²) in [5, 5.41) is 0. The van der Waals surface area contributed by atoms with E-state index in [0.717, 1.165) is 25.9 Å². The number of amides is 1. The molecule has 6 heteroatoms. The van der Waals surface area contributed by atoms with Crippen LogP contribution in [0.2, 0.25) is 0 Å². The van der Waals surface area contributed by atoms with Crippen LogP contribution >= 0.6 is 0 Å². The third-order valence-corrected chi connectivity index (χ3v) is 5.36. The fraction of sp³-hybridized carbons (Fsp3) is 0.824. The first-order valence-corrected chi connectivity index (χ1v) is 8.55. The Bertz CT molecular complexity index is 451. The van der Waals surface area contributed by atoms with Crippen LogP contribution in [0, 0.1) is 5.41 Å². The maximum absolute atomic E-state index is 11.8. The summed E-state index contributed by atoms with van der Waals surface area (Å²) in [6, 6.07) is 0. The van der Waals surface area contributed by atoms with Gasteiger partial charge < -0.3 is 18.9 Å². The molecule has 1 amide bonds. The summed E-state index contributed by atoms with van der Waals surface area (Å²) in [5.74, 6) is 2.02. The van der Waals surface area contributed by atoms with Crippen molar-refractivity contribution in [2.75, 3.05) is 19.7 Å². The van der Waals surface area contributed by atoms with Gasteiger partial charge in [-0.25, -0.2) is 4.79 Å². The number of carbonyl (C=O) groups excluding carboxylic acids is 1. The Hall–Kier alpha value is -1.01. The summed E-state index contributed by atoms with van der Waals surface area (Å²) < 4.78 is 17.1. The van der Waals surface area contributed by atoms with Crippen LogP contribution in [0.15, 0.2) is 12.1 Å².